The van der Waals surface area contributed by atoms with Crippen molar-refractivity contribution in [1.82, 2.24) is 15.0 Å². The third-order valence-electron chi connectivity index (χ3n) is 14.2. The van der Waals surface area contributed by atoms with Gasteiger partial charge in [0.2, 0.25) is 0 Å². The number of allylic oxidation sites excluding steroid dienone is 3. The zero-order valence-corrected chi connectivity index (χ0v) is 42.7. The molecule has 0 saturated carbocycles. The number of hydrogen-bond acceptors (Lipinski definition) is 5. The summed E-state index contributed by atoms with van der Waals surface area (Å²) < 4.78 is 11.0. The Balaban J connectivity index is 0.00000793. The summed E-state index contributed by atoms with van der Waals surface area (Å²) in [5.74, 6) is -0.711. The van der Waals surface area contributed by atoms with Crippen molar-refractivity contribution >= 4 is 70.7 Å². The number of aromatic nitrogens is 3. The van der Waals surface area contributed by atoms with Crippen LogP contribution in [0.2, 0.25) is 0 Å². The van der Waals surface area contributed by atoms with Crippen LogP contribution in [-0.2, 0) is 25.5 Å². The molecule has 1 aliphatic carbocycles. The van der Waals surface area contributed by atoms with Crippen LogP contribution in [0, 0.1) is 56.3 Å². The molecule has 0 aromatic carbocycles. The number of carbonyl (C=O) groups excluding carboxylic acids is 3. The normalized spacial score (nSPS) is 21.7. The van der Waals surface area contributed by atoms with E-state index in [1.54, 1.807) is 0 Å². The number of Topliss-reactive ketones (excluding diaryl/α,β-unsaturated/α-hetero) is 1. The molecule has 0 N–H and O–H groups in total. The minimum atomic E-state index is -1.22. The Bertz CT molecular complexity index is 2450. The van der Waals surface area contributed by atoms with Gasteiger partial charge < -0.3 is 29.7 Å². The van der Waals surface area contributed by atoms with Gasteiger partial charge in [0, 0.05) is 12.0 Å². The molecule has 10 heteroatoms. The average molecular weight is 894 g/mol. The number of rotatable bonds is 20. The Morgan fingerprint density at radius 1 is 0.831 bits per heavy atom. The summed E-state index contributed by atoms with van der Waals surface area (Å²) >= 11 is 0. The minimum Gasteiger partial charge on any atom is -0.664 e. The van der Waals surface area contributed by atoms with Crippen molar-refractivity contribution in [3.8, 4) is 0 Å². The Labute approximate surface area is 404 Å². The van der Waals surface area contributed by atoms with Gasteiger partial charge in [-0.1, -0.05) is 151 Å². The van der Waals surface area contributed by atoms with Crippen LogP contribution in [0.1, 0.15) is 180 Å². The molecule has 3 aliphatic rings. The molecule has 0 unspecified atom stereocenters. The fourth-order valence-corrected chi connectivity index (χ4v) is 10.1. The van der Waals surface area contributed by atoms with Crippen LogP contribution in [0.15, 0.2) is 29.6 Å². The molecule has 0 spiro atoms. The number of carbonyl (C=O) groups is 3. The van der Waals surface area contributed by atoms with E-state index < -0.39 is 11.9 Å². The Morgan fingerprint density at radius 2 is 1.48 bits per heavy atom. The van der Waals surface area contributed by atoms with Crippen LogP contribution in [0.5, 0.6) is 0 Å². The Morgan fingerprint density at radius 3 is 2.12 bits per heavy atom. The zero-order chi connectivity index (χ0) is 46.4. The molecular formula is C55H72MgN4O5-2. The fraction of sp³-hybridized carbons (Fsp3) is 0.545. The van der Waals surface area contributed by atoms with Crippen LogP contribution in [0.25, 0.3) is 35.2 Å². The van der Waals surface area contributed by atoms with Crippen molar-refractivity contribution < 1.29 is 23.9 Å². The van der Waals surface area contributed by atoms with Crippen molar-refractivity contribution in [3.63, 3.8) is 0 Å². The molecule has 1 saturated heterocycles. The number of ether oxygens (including phenoxy) is 2. The maximum absolute atomic E-state index is 14.4. The first-order valence-corrected chi connectivity index (χ1v) is 24.0. The molecule has 346 valence electrons. The third kappa shape index (κ3) is 11.6. The molecule has 5 heterocycles. The van der Waals surface area contributed by atoms with E-state index in [1.807, 2.05) is 44.2 Å². The molecular weight excluding hydrogens is 821 g/mol. The summed E-state index contributed by atoms with van der Waals surface area (Å²) in [7, 11) is 1.30. The molecule has 1 fully saturated rings. The molecule has 9 nitrogen and oxygen atoms in total. The monoisotopic (exact) mass is 893 g/mol. The van der Waals surface area contributed by atoms with E-state index in [4.69, 9.17) is 29.7 Å². The van der Waals surface area contributed by atoms with Crippen LogP contribution < -0.4 is 25.7 Å². The molecule has 3 aromatic rings. The quantitative estimate of drug-likeness (QED) is 0.0475. The van der Waals surface area contributed by atoms with E-state index in [1.165, 1.54) is 57.6 Å². The second-order valence-electron chi connectivity index (χ2n) is 19.4. The van der Waals surface area contributed by atoms with Gasteiger partial charge in [-0.25, -0.2) is 0 Å². The van der Waals surface area contributed by atoms with Gasteiger partial charge in [0.25, 0.3) is 0 Å². The minimum absolute atomic E-state index is 0. The molecule has 0 amide bonds. The van der Waals surface area contributed by atoms with Crippen molar-refractivity contribution in [2.24, 2.45) is 35.5 Å². The first-order valence-electron chi connectivity index (χ1n) is 24.0. The predicted octanol–water partition coefficient (Wildman–Crippen LogP) is 10.4. The smallest absolute Gasteiger partial charge is 0.664 e. The largest absolute Gasteiger partial charge is 2.00 e. The van der Waals surface area contributed by atoms with E-state index in [9.17, 15) is 14.4 Å². The summed E-state index contributed by atoms with van der Waals surface area (Å²) in [6, 6.07) is 0. The molecule has 8 bridgehead atoms. The van der Waals surface area contributed by atoms with Gasteiger partial charge in [-0.3, -0.25) is 14.4 Å². The summed E-state index contributed by atoms with van der Waals surface area (Å²) in [6.45, 7) is 26.0. The maximum Gasteiger partial charge on any atom is 2.00 e. The standard InChI is InChI=1S/C55H73N4O5.Mg/c1-13-39-35(8)42-28-44-37(10)41(24-25-48(60)64-27-26-34(7)23-17-22-33(6)21-16-20-32(5)19-15-18-31(3)4)52(58-44)50-51(55(62)63-12)54(61)49-38(11)45(59-53(49)50)30-47-40(14-2)36(9)43(57-47)29-46(39)56-42;/h13,26,28-33,37,41,51H,1,14-25,27H2,2-12H3,(H-,58,59,61);/q-3;+2/p-1/b34-26+,43-29-,44-28+,47-30-;/t32-,33-,37+,41+,51-;/m1./s1. The van der Waals surface area contributed by atoms with E-state index in [2.05, 4.69) is 62.0 Å². The predicted molar refractivity (Wildman–Crippen MR) is 265 cm³/mol. The van der Waals surface area contributed by atoms with Crippen molar-refractivity contribution in [1.29, 1.82) is 0 Å². The first kappa shape index (κ1) is 51.7. The molecule has 0 radical (unpaired) electrons. The van der Waals surface area contributed by atoms with Gasteiger partial charge in [-0.15, -0.1) is 33.5 Å². The molecule has 6 rings (SSSR count). The van der Waals surface area contributed by atoms with E-state index in [0.29, 0.717) is 46.1 Å². The van der Waals surface area contributed by atoms with E-state index >= 15 is 0 Å². The van der Waals surface area contributed by atoms with Gasteiger partial charge in [0.05, 0.1) is 7.11 Å². The van der Waals surface area contributed by atoms with Crippen LogP contribution in [0.4, 0.5) is 0 Å². The summed E-state index contributed by atoms with van der Waals surface area (Å²) in [5.41, 5.74) is 10.7. The number of methoxy groups -OCH3 is 1. The van der Waals surface area contributed by atoms with E-state index in [-0.39, 0.29) is 59.7 Å². The van der Waals surface area contributed by atoms with Gasteiger partial charge in [-0.05, 0) is 94.6 Å². The topological polar surface area (TPSA) is 126 Å². The number of esters is 2. The van der Waals surface area contributed by atoms with Crippen molar-refractivity contribution in [3.05, 3.63) is 102 Å². The second kappa shape index (κ2) is 22.9. The zero-order valence-electron chi connectivity index (χ0n) is 41.3. The second-order valence-corrected chi connectivity index (χ2v) is 19.4. The summed E-state index contributed by atoms with van der Waals surface area (Å²) in [6.07, 6.45) is 22.4. The van der Waals surface area contributed by atoms with Crippen LogP contribution >= 0.6 is 0 Å². The molecule has 3 aromatic heterocycles. The number of ketones is 1. The summed E-state index contributed by atoms with van der Waals surface area (Å²) in [5, 5.41) is 6.83. The van der Waals surface area contributed by atoms with Crippen molar-refractivity contribution in [2.45, 2.75) is 146 Å². The van der Waals surface area contributed by atoms with Gasteiger partial charge >= 0.3 is 35.0 Å². The molecule has 65 heavy (non-hydrogen) atoms. The van der Waals surface area contributed by atoms with Crippen molar-refractivity contribution in [2.75, 3.05) is 13.7 Å². The van der Waals surface area contributed by atoms with Gasteiger partial charge in [0.15, 0.2) is 5.78 Å². The number of fused-ring (bicyclic) bond motifs is 7. The third-order valence-corrected chi connectivity index (χ3v) is 14.2. The number of hydrogen-bond donors (Lipinski definition) is 0. The van der Waals surface area contributed by atoms with Gasteiger partial charge in [0.1, 0.15) is 12.5 Å². The molecule has 2 aliphatic heterocycles. The Hall–Kier alpha value is -4.28. The summed E-state index contributed by atoms with van der Waals surface area (Å²) in [4.78, 5) is 56.6. The number of nitrogens with zero attached hydrogens (tertiary/aromatic N) is 4. The van der Waals surface area contributed by atoms with Crippen LogP contribution in [-0.4, -0.2) is 54.5 Å². The fourth-order valence-electron chi connectivity index (χ4n) is 10.1. The first-order chi connectivity index (χ1) is 30.6. The molecule has 5 atom stereocenters. The van der Waals surface area contributed by atoms with E-state index in [0.717, 1.165) is 81.1 Å². The van der Waals surface area contributed by atoms with Gasteiger partial charge in [-0.2, -0.15) is 11.4 Å². The average Bonchev–Trinajstić information content (AvgIpc) is 3.99. The SMILES string of the molecule is C=Cc1c2[n-]c(c1C)/C=C1/[N-]/C(=C3\c4[n-]c(c(C)c4C(=O)[C@@H]3C(=O)OC)/C=c3\[n-]/c(c(C)c3CC)=C\2)[C@@H](CCC(=O)OC/C=C(\C)CCC[C@H](C)CCC[C@H](C)CCCC(C)C)[C@@H]1C.[Mg+2]. The maximum atomic E-state index is 14.4. The van der Waals surface area contributed by atoms with Crippen LogP contribution in [0.3, 0.4) is 0 Å². The Kier molecular flexibility index (Phi) is 18.3.